The van der Waals surface area contributed by atoms with Crippen molar-refractivity contribution in [2.75, 3.05) is 33.2 Å². The third-order valence-corrected chi connectivity index (χ3v) is 3.52. The zero-order valence-corrected chi connectivity index (χ0v) is 10.7. The van der Waals surface area contributed by atoms with E-state index in [1.165, 1.54) is 0 Å². The minimum absolute atomic E-state index is 0.204. The Kier molecular flexibility index (Phi) is 3.90. The summed E-state index contributed by atoms with van der Waals surface area (Å²) in [6.07, 6.45) is 0. The van der Waals surface area contributed by atoms with Gasteiger partial charge in [-0.05, 0) is 20.9 Å². The lowest BCUT2D eigenvalue weighted by molar-refractivity contribution is -0.126. The van der Waals surface area contributed by atoms with Gasteiger partial charge in [0.25, 0.3) is 0 Å². The molecular formula is C12H24N2O. The molecule has 0 aromatic rings. The molecule has 0 spiro atoms. The van der Waals surface area contributed by atoms with Gasteiger partial charge < -0.3 is 4.90 Å². The van der Waals surface area contributed by atoms with Crippen molar-refractivity contribution in [1.29, 1.82) is 0 Å². The Bertz CT molecular complexity index is 238. The molecule has 1 rings (SSSR count). The number of likely N-dealkylation sites (N-methyl/N-ethyl adjacent to an activating group) is 1. The molecule has 3 heteroatoms. The molecule has 0 saturated carbocycles. The Hall–Kier alpha value is -0.410. The van der Waals surface area contributed by atoms with Crippen LogP contribution in [0.3, 0.4) is 0 Å². The molecule has 1 heterocycles. The van der Waals surface area contributed by atoms with Crippen molar-refractivity contribution in [3.63, 3.8) is 0 Å². The van der Waals surface area contributed by atoms with Crippen LogP contribution in [0.1, 0.15) is 27.7 Å². The number of carbonyl (C=O) groups excluding carboxylic acids is 1. The molecule has 1 atom stereocenters. The fourth-order valence-corrected chi connectivity index (χ4v) is 2.03. The minimum atomic E-state index is -0.204. The van der Waals surface area contributed by atoms with Gasteiger partial charge in [-0.3, -0.25) is 9.69 Å². The highest BCUT2D eigenvalue weighted by Gasteiger charge is 2.30. The topological polar surface area (TPSA) is 23.6 Å². The number of nitrogens with zero attached hydrogens (tertiary/aromatic N) is 2. The third kappa shape index (κ3) is 3.28. The van der Waals surface area contributed by atoms with Gasteiger partial charge in [0.15, 0.2) is 0 Å². The van der Waals surface area contributed by atoms with Gasteiger partial charge in [-0.25, -0.2) is 0 Å². The van der Waals surface area contributed by atoms with Crippen molar-refractivity contribution in [2.45, 2.75) is 33.7 Å². The standard InChI is InChI=1S/C12H24N2O/c1-10-8-13(5)6-7-14(10)9-12(3,4)11(2)15/h10H,6-9H2,1-5H3. The Morgan fingerprint density at radius 1 is 1.40 bits per heavy atom. The molecule has 0 aliphatic carbocycles. The van der Waals surface area contributed by atoms with Crippen molar-refractivity contribution in [3.05, 3.63) is 0 Å². The van der Waals surface area contributed by atoms with Gasteiger partial charge in [-0.15, -0.1) is 0 Å². The van der Waals surface area contributed by atoms with Crippen molar-refractivity contribution in [2.24, 2.45) is 5.41 Å². The summed E-state index contributed by atoms with van der Waals surface area (Å²) in [5.41, 5.74) is -0.204. The summed E-state index contributed by atoms with van der Waals surface area (Å²) in [6.45, 7) is 12.2. The van der Waals surface area contributed by atoms with Crippen molar-refractivity contribution >= 4 is 5.78 Å². The fraction of sp³-hybridized carbons (Fsp3) is 0.917. The molecule has 3 nitrogen and oxygen atoms in total. The Morgan fingerprint density at radius 2 is 2.00 bits per heavy atom. The summed E-state index contributed by atoms with van der Waals surface area (Å²) in [7, 11) is 2.16. The van der Waals surface area contributed by atoms with E-state index in [4.69, 9.17) is 0 Å². The molecule has 0 amide bonds. The molecular weight excluding hydrogens is 188 g/mol. The van der Waals surface area contributed by atoms with E-state index in [2.05, 4.69) is 23.8 Å². The second kappa shape index (κ2) is 4.62. The first kappa shape index (κ1) is 12.7. The molecule has 15 heavy (non-hydrogen) atoms. The number of Topliss-reactive ketones (excluding diaryl/α,β-unsaturated/α-hetero) is 1. The number of ketones is 1. The van der Waals surface area contributed by atoms with Crippen LogP contribution in [0.15, 0.2) is 0 Å². The van der Waals surface area contributed by atoms with Gasteiger partial charge in [-0.1, -0.05) is 13.8 Å². The largest absolute Gasteiger partial charge is 0.304 e. The molecule has 0 bridgehead atoms. The second-order valence-electron chi connectivity index (χ2n) is 5.52. The SMILES string of the molecule is CC(=O)C(C)(C)CN1CCN(C)CC1C. The quantitative estimate of drug-likeness (QED) is 0.703. The van der Waals surface area contributed by atoms with E-state index < -0.39 is 0 Å². The molecule has 0 radical (unpaired) electrons. The molecule has 0 aromatic carbocycles. The lowest BCUT2D eigenvalue weighted by atomic mass is 9.87. The van der Waals surface area contributed by atoms with Gasteiger partial charge in [0.1, 0.15) is 5.78 Å². The lowest BCUT2D eigenvalue weighted by Crippen LogP contribution is -2.53. The first-order valence-electron chi connectivity index (χ1n) is 5.76. The smallest absolute Gasteiger partial charge is 0.136 e. The summed E-state index contributed by atoms with van der Waals surface area (Å²) in [5.74, 6) is 0.286. The molecule has 1 unspecified atom stereocenters. The Morgan fingerprint density at radius 3 is 2.47 bits per heavy atom. The van der Waals surface area contributed by atoms with Crippen LogP contribution in [0.4, 0.5) is 0 Å². The normalized spacial score (nSPS) is 25.5. The van der Waals surface area contributed by atoms with Gasteiger partial charge in [0, 0.05) is 37.6 Å². The average molecular weight is 212 g/mol. The van der Waals surface area contributed by atoms with Gasteiger partial charge in [-0.2, -0.15) is 0 Å². The van der Waals surface area contributed by atoms with Crippen LogP contribution in [-0.2, 0) is 4.79 Å². The van der Waals surface area contributed by atoms with Crippen LogP contribution in [0.2, 0.25) is 0 Å². The third-order valence-electron chi connectivity index (χ3n) is 3.52. The van der Waals surface area contributed by atoms with E-state index in [-0.39, 0.29) is 11.2 Å². The zero-order chi connectivity index (χ0) is 11.6. The number of carbonyl (C=O) groups is 1. The molecule has 0 aromatic heterocycles. The van der Waals surface area contributed by atoms with E-state index in [1.54, 1.807) is 6.92 Å². The van der Waals surface area contributed by atoms with E-state index in [9.17, 15) is 4.79 Å². The molecule has 1 aliphatic heterocycles. The lowest BCUT2D eigenvalue weighted by Gasteiger charge is -2.41. The Balaban J connectivity index is 2.55. The minimum Gasteiger partial charge on any atom is -0.304 e. The predicted octanol–water partition coefficient (Wildman–Crippen LogP) is 1.24. The maximum absolute atomic E-state index is 11.5. The van der Waals surface area contributed by atoms with E-state index in [0.29, 0.717) is 6.04 Å². The van der Waals surface area contributed by atoms with Gasteiger partial charge in [0.05, 0.1) is 0 Å². The maximum Gasteiger partial charge on any atom is 0.136 e. The summed E-state index contributed by atoms with van der Waals surface area (Å²) in [5, 5.41) is 0. The summed E-state index contributed by atoms with van der Waals surface area (Å²) in [6, 6.07) is 0.558. The van der Waals surface area contributed by atoms with Gasteiger partial charge in [0.2, 0.25) is 0 Å². The van der Waals surface area contributed by atoms with Crippen molar-refractivity contribution in [3.8, 4) is 0 Å². The molecule has 1 saturated heterocycles. The first-order valence-corrected chi connectivity index (χ1v) is 5.76. The highest BCUT2D eigenvalue weighted by Crippen LogP contribution is 2.21. The highest BCUT2D eigenvalue weighted by atomic mass is 16.1. The van der Waals surface area contributed by atoms with Gasteiger partial charge >= 0.3 is 0 Å². The highest BCUT2D eigenvalue weighted by molar-refractivity contribution is 5.81. The first-order chi connectivity index (χ1) is 6.83. The van der Waals surface area contributed by atoms with E-state index >= 15 is 0 Å². The van der Waals surface area contributed by atoms with E-state index in [0.717, 1.165) is 26.2 Å². The predicted molar refractivity (Wildman–Crippen MR) is 63.0 cm³/mol. The number of hydrogen-bond donors (Lipinski definition) is 0. The second-order valence-corrected chi connectivity index (χ2v) is 5.52. The number of rotatable bonds is 3. The average Bonchev–Trinajstić information content (AvgIpc) is 2.09. The van der Waals surface area contributed by atoms with Crippen LogP contribution < -0.4 is 0 Å². The fourth-order valence-electron chi connectivity index (χ4n) is 2.03. The molecule has 1 fully saturated rings. The van der Waals surface area contributed by atoms with Crippen LogP contribution in [0.25, 0.3) is 0 Å². The van der Waals surface area contributed by atoms with Crippen molar-refractivity contribution in [1.82, 2.24) is 9.80 Å². The molecule has 88 valence electrons. The summed E-state index contributed by atoms with van der Waals surface area (Å²) < 4.78 is 0. The zero-order valence-electron chi connectivity index (χ0n) is 10.7. The summed E-state index contributed by atoms with van der Waals surface area (Å²) >= 11 is 0. The number of hydrogen-bond acceptors (Lipinski definition) is 3. The van der Waals surface area contributed by atoms with Crippen molar-refractivity contribution < 1.29 is 4.79 Å². The number of piperazine rings is 1. The van der Waals surface area contributed by atoms with Crippen LogP contribution in [0.5, 0.6) is 0 Å². The summed E-state index contributed by atoms with van der Waals surface area (Å²) in [4.78, 5) is 16.3. The maximum atomic E-state index is 11.5. The van der Waals surface area contributed by atoms with Crippen LogP contribution in [0, 0.1) is 5.41 Å². The Labute approximate surface area is 93.4 Å². The molecule has 1 aliphatic rings. The monoisotopic (exact) mass is 212 g/mol. The molecule has 0 N–H and O–H groups in total. The van der Waals surface area contributed by atoms with Crippen LogP contribution >= 0.6 is 0 Å². The van der Waals surface area contributed by atoms with E-state index in [1.807, 2.05) is 13.8 Å². The van der Waals surface area contributed by atoms with Crippen LogP contribution in [-0.4, -0.2) is 54.9 Å².